The van der Waals surface area contributed by atoms with E-state index < -0.39 is 6.16 Å². The van der Waals surface area contributed by atoms with Crippen LogP contribution >= 0.6 is 13.5 Å². The summed E-state index contributed by atoms with van der Waals surface area (Å²) < 4.78 is 0. The van der Waals surface area contributed by atoms with Gasteiger partial charge in [0.1, 0.15) is 0 Å². The molecule has 0 rings (SSSR count). The van der Waals surface area contributed by atoms with E-state index in [-0.39, 0.29) is 111 Å². The van der Waals surface area contributed by atoms with E-state index in [0.717, 1.165) is 0 Å². The summed E-state index contributed by atoms with van der Waals surface area (Å²) in [5.74, 6) is 0. The van der Waals surface area contributed by atoms with E-state index in [1.807, 2.05) is 0 Å². The van der Waals surface area contributed by atoms with Gasteiger partial charge in [0.2, 0.25) is 0 Å². The summed E-state index contributed by atoms with van der Waals surface area (Å²) in [4.78, 5) is 8.33. The Labute approximate surface area is 129 Å². The van der Waals surface area contributed by atoms with Crippen LogP contribution in [0, 0.1) is 0 Å². The molecule has 0 aromatic heterocycles. The third kappa shape index (κ3) is 52.5. The number of carboxylic acid groups (broad SMARTS) is 2. The average molecular weight is 371 g/mol. The SMILES string of the molecule is O=C([O-])[O-].S.[Ba+2].[BaH2]. The molecule has 0 spiro atoms. The normalized spacial score (nSPS) is 3.43. The molecule has 0 bridgehead atoms. The number of hydrogen-bond donors (Lipinski definition) is 0. The van der Waals surface area contributed by atoms with Gasteiger partial charge >= 0.3 is 97.8 Å². The molecule has 0 N–H and O–H groups in total. The van der Waals surface area contributed by atoms with Crippen molar-refractivity contribution < 1.29 is 15.0 Å². The summed E-state index contributed by atoms with van der Waals surface area (Å²) >= 11 is 0. The molecule has 36 valence electrons. The molecule has 7 heavy (non-hydrogen) atoms. The van der Waals surface area contributed by atoms with E-state index in [1.165, 1.54) is 0 Å². The maximum absolute atomic E-state index is 8.33. The molecule has 0 aliphatic rings. The molecule has 0 unspecified atom stereocenters. The second kappa shape index (κ2) is 15.9. The van der Waals surface area contributed by atoms with Crippen molar-refractivity contribution in [2.75, 3.05) is 0 Å². The summed E-state index contributed by atoms with van der Waals surface area (Å²) in [6.45, 7) is 0. The zero-order chi connectivity index (χ0) is 3.58. The minimum absolute atomic E-state index is 0. The van der Waals surface area contributed by atoms with Gasteiger partial charge in [0.15, 0.2) is 0 Å². The third-order valence-corrected chi connectivity index (χ3v) is 0. The fourth-order valence-electron chi connectivity index (χ4n) is 0. The van der Waals surface area contributed by atoms with Crippen LogP contribution in [0.4, 0.5) is 4.79 Å². The van der Waals surface area contributed by atoms with E-state index in [2.05, 4.69) is 0 Å². The fraction of sp³-hybridized carbons (Fsp3) is 0. The van der Waals surface area contributed by atoms with Crippen LogP contribution in [0.5, 0.6) is 0 Å². The van der Waals surface area contributed by atoms with Crippen molar-refractivity contribution in [3.63, 3.8) is 0 Å². The molecule has 0 atom stereocenters. The number of hydrogen-bond acceptors (Lipinski definition) is 3. The average Bonchev–Trinajstić information content (AvgIpc) is 0.811. The summed E-state index contributed by atoms with van der Waals surface area (Å²) in [5, 5.41) is 16.7. The van der Waals surface area contributed by atoms with E-state index in [9.17, 15) is 0 Å². The van der Waals surface area contributed by atoms with Gasteiger partial charge in [-0.2, -0.15) is 13.5 Å². The molecule has 0 aliphatic heterocycles. The Morgan fingerprint density at radius 3 is 1.29 bits per heavy atom. The van der Waals surface area contributed by atoms with Gasteiger partial charge in [-0.1, -0.05) is 0 Å². The Morgan fingerprint density at radius 2 is 1.29 bits per heavy atom. The van der Waals surface area contributed by atoms with Gasteiger partial charge in [-0.15, -0.1) is 0 Å². The van der Waals surface area contributed by atoms with Crippen LogP contribution in [0.15, 0.2) is 0 Å². The molecule has 0 aromatic carbocycles. The van der Waals surface area contributed by atoms with E-state index in [4.69, 9.17) is 15.0 Å². The monoisotopic (exact) mass is 372 g/mol. The van der Waals surface area contributed by atoms with Crippen LogP contribution in [-0.4, -0.2) is 104 Å². The molecule has 0 radical (unpaired) electrons. The van der Waals surface area contributed by atoms with Crippen LogP contribution in [0.2, 0.25) is 0 Å². The summed E-state index contributed by atoms with van der Waals surface area (Å²) in [6.07, 6.45) is -2.33. The fourth-order valence-corrected chi connectivity index (χ4v) is 0. The molecule has 0 aromatic rings. The number of carbonyl (C=O) groups is 1. The molecule has 0 amide bonds. The minimum atomic E-state index is -2.33. The van der Waals surface area contributed by atoms with Gasteiger partial charge in [0.05, 0.1) is 0 Å². The molecular weight excluding hydrogens is 367 g/mol. The van der Waals surface area contributed by atoms with Crippen LogP contribution in [-0.2, 0) is 0 Å². The Kier molecular flexibility index (Phi) is 51.3. The predicted molar refractivity (Wildman–Crippen MR) is 30.1 cm³/mol. The molecule has 0 fully saturated rings. The summed E-state index contributed by atoms with van der Waals surface area (Å²) in [5.41, 5.74) is 0. The number of rotatable bonds is 0. The van der Waals surface area contributed by atoms with E-state index in [1.54, 1.807) is 0 Å². The summed E-state index contributed by atoms with van der Waals surface area (Å²) in [7, 11) is 0. The van der Waals surface area contributed by atoms with Crippen molar-refractivity contribution in [1.82, 2.24) is 0 Å². The standard InChI is InChI=1S/CH2O3.2Ba.H2S.2H/c2-1(3)4;;;;;/h(H2,2,3,4);;;1H2;;/q;;+2;;;/p-2. The number of carbonyl (C=O) groups excluding carboxylic acids is 1. The molecular formula is CH4Ba2O3S. The van der Waals surface area contributed by atoms with Gasteiger partial charge in [-0.3, -0.25) is 0 Å². The molecule has 0 heterocycles. The second-order valence-electron chi connectivity index (χ2n) is 0.250. The molecule has 0 saturated heterocycles. The van der Waals surface area contributed by atoms with Crippen molar-refractivity contribution in [3.05, 3.63) is 0 Å². The maximum atomic E-state index is 8.33. The first-order valence-electron chi connectivity index (χ1n) is 0.612. The predicted octanol–water partition coefficient (Wildman–Crippen LogP) is -3.63. The quantitative estimate of drug-likeness (QED) is 0.413. The Hall–Kier alpha value is 2.76. The molecule has 0 aliphatic carbocycles. The van der Waals surface area contributed by atoms with Gasteiger partial charge in [0, 0.05) is 0 Å². The Balaban J connectivity index is -0.0000000150. The van der Waals surface area contributed by atoms with Crippen LogP contribution in [0.25, 0.3) is 0 Å². The topological polar surface area (TPSA) is 63.2 Å². The van der Waals surface area contributed by atoms with E-state index in [0.29, 0.717) is 0 Å². The third-order valence-electron chi connectivity index (χ3n) is 0. The first-order chi connectivity index (χ1) is 1.73. The van der Waals surface area contributed by atoms with Crippen LogP contribution in [0.3, 0.4) is 0 Å². The molecule has 0 saturated carbocycles. The van der Waals surface area contributed by atoms with Gasteiger partial charge in [-0.05, 0) is 6.16 Å². The van der Waals surface area contributed by atoms with Crippen molar-refractivity contribution in [2.45, 2.75) is 0 Å². The van der Waals surface area contributed by atoms with Crippen molar-refractivity contribution in [1.29, 1.82) is 0 Å². The Bertz CT molecular complexity index is 35.9. The van der Waals surface area contributed by atoms with Crippen LogP contribution < -0.4 is 10.2 Å². The second-order valence-corrected chi connectivity index (χ2v) is 0.250. The molecule has 3 nitrogen and oxygen atoms in total. The van der Waals surface area contributed by atoms with Gasteiger partial charge < -0.3 is 15.0 Å². The first-order valence-corrected chi connectivity index (χ1v) is 0.612. The van der Waals surface area contributed by atoms with E-state index >= 15 is 0 Å². The Morgan fingerprint density at radius 1 is 1.29 bits per heavy atom. The van der Waals surface area contributed by atoms with Crippen molar-refractivity contribution in [2.24, 2.45) is 0 Å². The zero-order valence-corrected chi connectivity index (χ0v) is 8.37. The van der Waals surface area contributed by atoms with Crippen molar-refractivity contribution in [3.8, 4) is 0 Å². The van der Waals surface area contributed by atoms with Crippen LogP contribution in [0.1, 0.15) is 0 Å². The molecule has 6 heteroatoms. The zero-order valence-electron chi connectivity index (χ0n) is 2.93. The summed E-state index contributed by atoms with van der Waals surface area (Å²) in [6, 6.07) is 0. The van der Waals surface area contributed by atoms with Crippen molar-refractivity contribution >= 4 is 117 Å². The van der Waals surface area contributed by atoms with Gasteiger partial charge in [-0.25, -0.2) is 0 Å². The first kappa shape index (κ1) is 22.6. The van der Waals surface area contributed by atoms with Gasteiger partial charge in [0.25, 0.3) is 0 Å².